The summed E-state index contributed by atoms with van der Waals surface area (Å²) >= 11 is 0. The van der Waals surface area contributed by atoms with Crippen molar-refractivity contribution in [3.63, 3.8) is 0 Å². The third-order valence-corrected chi connectivity index (χ3v) is 3.74. The zero-order valence-electron chi connectivity index (χ0n) is 13.7. The maximum absolute atomic E-state index is 12.2. The van der Waals surface area contributed by atoms with Crippen molar-refractivity contribution in [3.8, 4) is 5.75 Å². The molecule has 0 saturated heterocycles. The van der Waals surface area contributed by atoms with Gasteiger partial charge in [0.05, 0.1) is 19.2 Å². The first kappa shape index (κ1) is 16.5. The van der Waals surface area contributed by atoms with Crippen molar-refractivity contribution in [2.24, 2.45) is 0 Å². The molecular formula is C18H18N4O3. The molecule has 0 fully saturated rings. The molecule has 0 radical (unpaired) electrons. The standard InChI is InChI=1S/C18H18N4O3/c1-25-13-8-6-12(7-9-13)10-19-16(23)11-20-18(24)17-14-4-2-3-5-15(14)21-22-17/h2-9H,10-11H2,1H3,(H,19,23)(H,20,24)(H,21,22). The summed E-state index contributed by atoms with van der Waals surface area (Å²) < 4.78 is 5.08. The number of para-hydroxylation sites is 1. The Morgan fingerprint density at radius 3 is 2.60 bits per heavy atom. The normalized spacial score (nSPS) is 10.4. The maximum atomic E-state index is 12.2. The fraction of sp³-hybridized carbons (Fsp3) is 0.167. The number of methoxy groups -OCH3 is 1. The van der Waals surface area contributed by atoms with Crippen LogP contribution in [-0.4, -0.2) is 35.7 Å². The van der Waals surface area contributed by atoms with Crippen molar-refractivity contribution in [1.82, 2.24) is 20.8 Å². The molecule has 3 N–H and O–H groups in total. The lowest BCUT2D eigenvalue weighted by molar-refractivity contribution is -0.120. The fourth-order valence-electron chi connectivity index (χ4n) is 2.39. The van der Waals surface area contributed by atoms with Gasteiger partial charge >= 0.3 is 0 Å². The molecule has 128 valence electrons. The second-order valence-corrected chi connectivity index (χ2v) is 5.43. The third kappa shape index (κ3) is 3.95. The van der Waals surface area contributed by atoms with Gasteiger partial charge in [-0.15, -0.1) is 0 Å². The first-order chi connectivity index (χ1) is 12.2. The van der Waals surface area contributed by atoms with Crippen molar-refractivity contribution in [1.29, 1.82) is 0 Å². The van der Waals surface area contributed by atoms with Crippen molar-refractivity contribution >= 4 is 22.7 Å². The maximum Gasteiger partial charge on any atom is 0.272 e. The van der Waals surface area contributed by atoms with Gasteiger partial charge in [0.25, 0.3) is 5.91 Å². The zero-order valence-corrected chi connectivity index (χ0v) is 13.7. The molecular weight excluding hydrogens is 320 g/mol. The minimum atomic E-state index is -0.392. The second kappa shape index (κ2) is 7.48. The van der Waals surface area contributed by atoms with Gasteiger partial charge in [-0.05, 0) is 23.8 Å². The number of benzene rings is 2. The number of rotatable bonds is 6. The van der Waals surface area contributed by atoms with E-state index in [0.29, 0.717) is 6.54 Å². The Kier molecular flexibility index (Phi) is 4.94. The van der Waals surface area contributed by atoms with Gasteiger partial charge in [-0.2, -0.15) is 5.10 Å². The summed E-state index contributed by atoms with van der Waals surface area (Å²) in [5.41, 5.74) is 1.99. The smallest absolute Gasteiger partial charge is 0.272 e. The number of H-pyrrole nitrogens is 1. The van der Waals surface area contributed by atoms with E-state index in [1.54, 1.807) is 13.2 Å². The minimum Gasteiger partial charge on any atom is -0.497 e. The van der Waals surface area contributed by atoms with Gasteiger partial charge in [-0.1, -0.05) is 30.3 Å². The van der Waals surface area contributed by atoms with Crippen molar-refractivity contribution in [2.45, 2.75) is 6.54 Å². The Morgan fingerprint density at radius 2 is 1.84 bits per heavy atom. The number of hydrogen-bond donors (Lipinski definition) is 3. The topological polar surface area (TPSA) is 96.1 Å². The van der Waals surface area contributed by atoms with Crippen LogP contribution in [0.2, 0.25) is 0 Å². The average molecular weight is 338 g/mol. The Balaban J connectivity index is 1.50. The van der Waals surface area contributed by atoms with Gasteiger partial charge in [0.2, 0.25) is 5.91 Å². The lowest BCUT2D eigenvalue weighted by atomic mass is 10.2. The highest BCUT2D eigenvalue weighted by Gasteiger charge is 2.14. The molecule has 2 aromatic carbocycles. The highest BCUT2D eigenvalue weighted by molar-refractivity contribution is 6.05. The summed E-state index contributed by atoms with van der Waals surface area (Å²) in [6.07, 6.45) is 0. The Hall–Kier alpha value is -3.35. The van der Waals surface area contributed by atoms with Gasteiger partial charge in [-0.25, -0.2) is 0 Å². The first-order valence-corrected chi connectivity index (χ1v) is 7.78. The Morgan fingerprint density at radius 1 is 1.08 bits per heavy atom. The van der Waals surface area contributed by atoms with Crippen LogP contribution in [0.25, 0.3) is 10.9 Å². The van der Waals surface area contributed by atoms with E-state index in [1.165, 1.54) is 0 Å². The van der Waals surface area contributed by atoms with Gasteiger partial charge < -0.3 is 15.4 Å². The predicted molar refractivity (Wildman–Crippen MR) is 93.3 cm³/mol. The monoisotopic (exact) mass is 338 g/mol. The number of ether oxygens (including phenoxy) is 1. The number of amides is 2. The molecule has 0 unspecified atom stereocenters. The molecule has 2 amide bonds. The highest BCUT2D eigenvalue weighted by Crippen LogP contribution is 2.14. The summed E-state index contributed by atoms with van der Waals surface area (Å²) in [7, 11) is 1.60. The number of carbonyl (C=O) groups excluding carboxylic acids is 2. The van der Waals surface area contributed by atoms with E-state index in [-0.39, 0.29) is 18.1 Å². The van der Waals surface area contributed by atoms with E-state index in [2.05, 4.69) is 20.8 Å². The molecule has 25 heavy (non-hydrogen) atoms. The predicted octanol–water partition coefficient (Wildman–Crippen LogP) is 1.62. The van der Waals surface area contributed by atoms with Crippen LogP contribution in [0.1, 0.15) is 16.1 Å². The molecule has 1 heterocycles. The SMILES string of the molecule is COc1ccc(CNC(=O)CNC(=O)c2n[nH]c3ccccc23)cc1. The quantitative estimate of drug-likeness (QED) is 0.636. The number of fused-ring (bicyclic) bond motifs is 1. The van der Waals surface area contributed by atoms with Crippen LogP contribution in [0.15, 0.2) is 48.5 Å². The molecule has 3 rings (SSSR count). The molecule has 7 heteroatoms. The summed E-state index contributed by atoms with van der Waals surface area (Å²) in [4.78, 5) is 24.1. The third-order valence-electron chi connectivity index (χ3n) is 3.74. The lowest BCUT2D eigenvalue weighted by Crippen LogP contribution is -2.36. The molecule has 0 aliphatic rings. The highest BCUT2D eigenvalue weighted by atomic mass is 16.5. The van der Waals surface area contributed by atoms with Crippen LogP contribution < -0.4 is 15.4 Å². The van der Waals surface area contributed by atoms with Crippen molar-refractivity contribution in [2.75, 3.05) is 13.7 Å². The van der Waals surface area contributed by atoms with E-state index in [9.17, 15) is 9.59 Å². The number of aromatic nitrogens is 2. The van der Waals surface area contributed by atoms with Crippen LogP contribution in [0, 0.1) is 0 Å². The van der Waals surface area contributed by atoms with Crippen LogP contribution in [0.4, 0.5) is 0 Å². The van der Waals surface area contributed by atoms with Gasteiger partial charge in [0.1, 0.15) is 5.75 Å². The number of nitrogens with zero attached hydrogens (tertiary/aromatic N) is 1. The largest absolute Gasteiger partial charge is 0.497 e. The molecule has 1 aromatic heterocycles. The molecule has 0 aliphatic carbocycles. The Labute approximate surface area is 144 Å². The molecule has 0 spiro atoms. The summed E-state index contributed by atoms with van der Waals surface area (Å²) in [6.45, 7) is 0.264. The summed E-state index contributed by atoms with van der Waals surface area (Å²) in [6, 6.07) is 14.7. The number of nitrogens with one attached hydrogen (secondary N) is 3. The van der Waals surface area contributed by atoms with Crippen LogP contribution in [0.5, 0.6) is 5.75 Å². The average Bonchev–Trinajstić information content (AvgIpc) is 3.09. The van der Waals surface area contributed by atoms with E-state index in [4.69, 9.17) is 4.74 Å². The second-order valence-electron chi connectivity index (χ2n) is 5.43. The molecule has 7 nitrogen and oxygen atoms in total. The van der Waals surface area contributed by atoms with E-state index < -0.39 is 5.91 Å². The minimum absolute atomic E-state index is 0.115. The lowest BCUT2D eigenvalue weighted by Gasteiger charge is -2.07. The van der Waals surface area contributed by atoms with Crippen LogP contribution >= 0.6 is 0 Å². The molecule has 0 bridgehead atoms. The molecule has 0 atom stereocenters. The van der Waals surface area contributed by atoms with Crippen LogP contribution in [-0.2, 0) is 11.3 Å². The number of hydrogen-bond acceptors (Lipinski definition) is 4. The van der Waals surface area contributed by atoms with Crippen LogP contribution in [0.3, 0.4) is 0 Å². The summed E-state index contributed by atoms with van der Waals surface area (Å²) in [5.74, 6) is 0.0922. The van der Waals surface area contributed by atoms with Crippen molar-refractivity contribution in [3.05, 3.63) is 59.8 Å². The number of carbonyl (C=O) groups is 2. The molecule has 0 saturated carbocycles. The van der Waals surface area contributed by atoms with Gasteiger partial charge in [0, 0.05) is 11.9 Å². The summed E-state index contributed by atoms with van der Waals surface area (Å²) in [5, 5.41) is 12.8. The van der Waals surface area contributed by atoms with Gasteiger partial charge in [0.15, 0.2) is 5.69 Å². The first-order valence-electron chi connectivity index (χ1n) is 7.78. The van der Waals surface area contributed by atoms with Gasteiger partial charge in [-0.3, -0.25) is 14.7 Å². The van der Waals surface area contributed by atoms with E-state index in [1.807, 2.05) is 42.5 Å². The Bertz CT molecular complexity index is 887. The van der Waals surface area contributed by atoms with E-state index in [0.717, 1.165) is 22.2 Å². The molecule has 3 aromatic rings. The zero-order chi connectivity index (χ0) is 17.6. The number of aromatic amines is 1. The van der Waals surface area contributed by atoms with E-state index >= 15 is 0 Å². The van der Waals surface area contributed by atoms with Crippen molar-refractivity contribution < 1.29 is 14.3 Å². The molecule has 0 aliphatic heterocycles. The fourth-order valence-corrected chi connectivity index (χ4v) is 2.39.